The molecule has 1 aromatic heterocycles. The van der Waals surface area contributed by atoms with Crippen molar-refractivity contribution in [1.29, 1.82) is 0 Å². The number of thiazole rings is 1. The number of alkyl halides is 2. The first-order valence-corrected chi connectivity index (χ1v) is 5.45. The van der Waals surface area contributed by atoms with Gasteiger partial charge in [0.05, 0.1) is 16.1 Å². The number of nitrogens with zero attached hydrogens (tertiary/aromatic N) is 1. The van der Waals surface area contributed by atoms with Gasteiger partial charge in [-0.3, -0.25) is 0 Å². The smallest absolute Gasteiger partial charge is 0.286 e. The minimum absolute atomic E-state index is 0.0500. The van der Waals surface area contributed by atoms with Gasteiger partial charge < -0.3 is 5.11 Å². The monoisotopic (exact) mass is 219 g/mol. The zero-order valence-electron chi connectivity index (χ0n) is 7.54. The van der Waals surface area contributed by atoms with Crippen molar-refractivity contribution >= 4 is 11.3 Å². The summed E-state index contributed by atoms with van der Waals surface area (Å²) in [5.74, 6) is -2.67. The summed E-state index contributed by atoms with van der Waals surface area (Å²) < 4.78 is 26.9. The highest BCUT2D eigenvalue weighted by Crippen LogP contribution is 2.46. The van der Waals surface area contributed by atoms with E-state index < -0.39 is 19.0 Å². The maximum absolute atomic E-state index is 13.4. The second kappa shape index (κ2) is 3.55. The average Bonchev–Trinajstić information content (AvgIpc) is 2.83. The largest absolute Gasteiger partial charge is 0.396 e. The highest BCUT2D eigenvalue weighted by Gasteiger charge is 2.40. The van der Waals surface area contributed by atoms with E-state index in [-0.39, 0.29) is 10.8 Å². The summed E-state index contributed by atoms with van der Waals surface area (Å²) in [6.45, 7) is -0.491. The van der Waals surface area contributed by atoms with Crippen LogP contribution in [0.15, 0.2) is 5.51 Å². The third-order valence-corrected chi connectivity index (χ3v) is 3.27. The van der Waals surface area contributed by atoms with E-state index >= 15 is 0 Å². The Labute approximate surface area is 84.6 Å². The van der Waals surface area contributed by atoms with E-state index in [0.29, 0.717) is 5.69 Å². The molecule has 14 heavy (non-hydrogen) atoms. The summed E-state index contributed by atoms with van der Waals surface area (Å²) in [5, 5.41) is 8.55. The maximum atomic E-state index is 13.4. The van der Waals surface area contributed by atoms with Crippen LogP contribution in [0.4, 0.5) is 8.78 Å². The summed E-state index contributed by atoms with van der Waals surface area (Å²) in [6.07, 6.45) is 1.42. The number of hydrogen-bond donors (Lipinski definition) is 1. The molecule has 0 unspecified atom stereocenters. The summed E-state index contributed by atoms with van der Waals surface area (Å²) in [7, 11) is 0. The van der Waals surface area contributed by atoms with Crippen LogP contribution < -0.4 is 0 Å². The molecule has 0 bridgehead atoms. The second-order valence-corrected chi connectivity index (χ2v) is 4.37. The molecule has 0 aliphatic heterocycles. The van der Waals surface area contributed by atoms with Gasteiger partial charge in [0, 0.05) is 18.9 Å². The van der Waals surface area contributed by atoms with Crippen LogP contribution >= 0.6 is 11.3 Å². The summed E-state index contributed by atoms with van der Waals surface area (Å²) in [5.41, 5.74) is 2.02. The molecule has 1 aliphatic carbocycles. The first-order valence-electron chi connectivity index (χ1n) is 4.57. The molecule has 2 nitrogen and oxygen atoms in total. The Morgan fingerprint density at radius 2 is 2.29 bits per heavy atom. The topological polar surface area (TPSA) is 33.1 Å². The summed E-state index contributed by atoms with van der Waals surface area (Å²) >= 11 is 0.993. The Bertz CT molecular complexity index is 322. The van der Waals surface area contributed by atoms with Crippen molar-refractivity contribution in [2.45, 2.75) is 31.1 Å². The first kappa shape index (κ1) is 9.98. The van der Waals surface area contributed by atoms with E-state index in [0.717, 1.165) is 24.2 Å². The fourth-order valence-corrected chi connectivity index (χ4v) is 2.32. The van der Waals surface area contributed by atoms with Crippen LogP contribution in [0.5, 0.6) is 0 Å². The van der Waals surface area contributed by atoms with E-state index in [1.54, 1.807) is 0 Å². The summed E-state index contributed by atoms with van der Waals surface area (Å²) in [6, 6.07) is 0. The van der Waals surface area contributed by atoms with Crippen molar-refractivity contribution in [2.75, 3.05) is 6.61 Å². The van der Waals surface area contributed by atoms with Crippen LogP contribution in [0, 0.1) is 0 Å². The number of aromatic nitrogens is 1. The first-order chi connectivity index (χ1) is 6.65. The lowest BCUT2D eigenvalue weighted by Crippen LogP contribution is -2.15. The molecule has 0 saturated heterocycles. The van der Waals surface area contributed by atoms with E-state index in [1.165, 1.54) is 5.51 Å². The molecule has 0 amide bonds. The number of aliphatic hydroxyl groups is 1. The normalized spacial score (nSPS) is 17.4. The van der Waals surface area contributed by atoms with E-state index in [1.807, 2.05) is 0 Å². The molecule has 2 rings (SSSR count). The van der Waals surface area contributed by atoms with Gasteiger partial charge in [0.1, 0.15) is 0 Å². The molecule has 1 aromatic rings. The van der Waals surface area contributed by atoms with Crippen LogP contribution in [0.1, 0.15) is 35.8 Å². The minimum atomic E-state index is -2.91. The number of hydrogen-bond acceptors (Lipinski definition) is 3. The van der Waals surface area contributed by atoms with Gasteiger partial charge in [0.25, 0.3) is 5.92 Å². The van der Waals surface area contributed by atoms with Gasteiger partial charge >= 0.3 is 0 Å². The highest BCUT2D eigenvalue weighted by molar-refractivity contribution is 7.09. The van der Waals surface area contributed by atoms with Crippen LogP contribution in [0.2, 0.25) is 0 Å². The Morgan fingerprint density at radius 3 is 2.86 bits per heavy atom. The zero-order chi connectivity index (χ0) is 10.2. The van der Waals surface area contributed by atoms with Gasteiger partial charge in [-0.25, -0.2) is 13.8 Å². The van der Waals surface area contributed by atoms with Crippen molar-refractivity contribution in [3.8, 4) is 0 Å². The van der Waals surface area contributed by atoms with Gasteiger partial charge in [0.15, 0.2) is 0 Å². The maximum Gasteiger partial charge on any atom is 0.286 e. The van der Waals surface area contributed by atoms with Crippen LogP contribution in [-0.4, -0.2) is 16.7 Å². The Morgan fingerprint density at radius 1 is 1.57 bits per heavy atom. The van der Waals surface area contributed by atoms with Crippen LogP contribution in [-0.2, 0) is 5.92 Å². The Hall–Kier alpha value is -0.550. The number of rotatable bonds is 4. The number of halogens is 2. The molecular weight excluding hydrogens is 208 g/mol. The Balaban J connectivity index is 2.25. The minimum Gasteiger partial charge on any atom is -0.396 e. The average molecular weight is 219 g/mol. The second-order valence-electron chi connectivity index (χ2n) is 3.52. The van der Waals surface area contributed by atoms with Gasteiger partial charge in [-0.2, -0.15) is 0 Å². The van der Waals surface area contributed by atoms with Gasteiger partial charge in [0.2, 0.25) is 0 Å². The molecule has 0 spiro atoms. The Kier molecular flexibility index (Phi) is 2.53. The van der Waals surface area contributed by atoms with E-state index in [9.17, 15) is 8.78 Å². The molecule has 78 valence electrons. The predicted octanol–water partition coefficient (Wildman–Crippen LogP) is 2.49. The number of aliphatic hydroxyl groups excluding tert-OH is 1. The lowest BCUT2D eigenvalue weighted by atomic mass is 10.1. The molecule has 0 atom stereocenters. The van der Waals surface area contributed by atoms with Gasteiger partial charge in [-0.05, 0) is 12.8 Å². The lowest BCUT2D eigenvalue weighted by Gasteiger charge is -2.14. The van der Waals surface area contributed by atoms with Crippen molar-refractivity contribution in [3.63, 3.8) is 0 Å². The van der Waals surface area contributed by atoms with E-state index in [4.69, 9.17) is 5.11 Å². The molecule has 0 radical (unpaired) electrons. The highest BCUT2D eigenvalue weighted by atomic mass is 32.1. The standard InChI is InChI=1S/C9H11F2NOS/c10-9(11,3-4-13)8-7(6-1-2-6)12-5-14-8/h5-6,13H,1-4H2. The molecular formula is C9H11F2NOS. The van der Waals surface area contributed by atoms with Crippen molar-refractivity contribution in [2.24, 2.45) is 0 Å². The van der Waals surface area contributed by atoms with Crippen molar-refractivity contribution in [1.82, 2.24) is 4.98 Å². The molecule has 1 fully saturated rings. The predicted molar refractivity (Wildman–Crippen MR) is 49.7 cm³/mol. The molecule has 1 N–H and O–H groups in total. The van der Waals surface area contributed by atoms with Gasteiger partial charge in [-0.15, -0.1) is 11.3 Å². The molecule has 1 aliphatic rings. The zero-order valence-corrected chi connectivity index (χ0v) is 8.36. The SMILES string of the molecule is OCCC(F)(F)c1scnc1C1CC1. The van der Waals surface area contributed by atoms with Crippen molar-refractivity contribution < 1.29 is 13.9 Å². The van der Waals surface area contributed by atoms with Crippen molar-refractivity contribution in [3.05, 3.63) is 16.1 Å². The molecule has 0 aromatic carbocycles. The fourth-order valence-electron chi connectivity index (χ4n) is 1.43. The van der Waals surface area contributed by atoms with Gasteiger partial charge in [-0.1, -0.05) is 0 Å². The van der Waals surface area contributed by atoms with Crippen LogP contribution in [0.3, 0.4) is 0 Å². The fraction of sp³-hybridized carbons (Fsp3) is 0.667. The molecule has 1 saturated carbocycles. The summed E-state index contributed by atoms with van der Waals surface area (Å²) in [4.78, 5) is 4.03. The van der Waals surface area contributed by atoms with E-state index in [2.05, 4.69) is 4.98 Å². The molecule has 5 heteroatoms. The third kappa shape index (κ3) is 1.79. The quantitative estimate of drug-likeness (QED) is 0.844. The van der Waals surface area contributed by atoms with Crippen LogP contribution in [0.25, 0.3) is 0 Å². The molecule has 1 heterocycles. The third-order valence-electron chi connectivity index (χ3n) is 2.32. The lowest BCUT2D eigenvalue weighted by molar-refractivity contribution is -0.0243.